The van der Waals surface area contributed by atoms with Crippen LogP contribution in [-0.4, -0.2) is 17.5 Å². The Morgan fingerprint density at radius 3 is 2.33 bits per heavy atom. The average molecular weight is 405 g/mol. The minimum absolute atomic E-state index is 0.171. The highest BCUT2D eigenvalue weighted by Gasteiger charge is 2.11. The van der Waals surface area contributed by atoms with Crippen LogP contribution in [0.5, 0.6) is 17.2 Å². The van der Waals surface area contributed by atoms with E-state index in [4.69, 9.17) is 9.47 Å². The Kier molecular flexibility index (Phi) is 7.44. The van der Waals surface area contributed by atoms with E-state index in [9.17, 15) is 4.79 Å². The number of pyridine rings is 1. The molecule has 1 amide bonds. The van der Waals surface area contributed by atoms with Crippen molar-refractivity contribution >= 4 is 11.6 Å². The third-order valence-electron chi connectivity index (χ3n) is 4.55. The zero-order chi connectivity index (χ0) is 21.3. The molecule has 0 fully saturated rings. The Labute approximate surface area is 178 Å². The van der Waals surface area contributed by atoms with Crippen molar-refractivity contribution in [1.29, 1.82) is 0 Å². The Balaban J connectivity index is 1.66. The molecule has 1 N–H and O–H groups in total. The van der Waals surface area contributed by atoms with E-state index in [1.807, 2.05) is 67.6 Å². The molecule has 1 heterocycles. The first kappa shape index (κ1) is 21.4. The van der Waals surface area contributed by atoms with Crippen LogP contribution in [0.25, 0.3) is 0 Å². The van der Waals surface area contributed by atoms with Crippen molar-refractivity contribution in [3.05, 3.63) is 77.6 Å². The van der Waals surface area contributed by atoms with E-state index < -0.39 is 0 Å². The van der Waals surface area contributed by atoms with E-state index in [1.165, 1.54) is 0 Å². The van der Waals surface area contributed by atoms with Crippen LogP contribution in [0.3, 0.4) is 0 Å². The maximum Gasteiger partial charge on any atom is 0.257 e. The van der Waals surface area contributed by atoms with Crippen LogP contribution in [0, 0.1) is 6.92 Å². The molecule has 0 aliphatic heterocycles. The summed E-state index contributed by atoms with van der Waals surface area (Å²) in [5, 5.41) is 2.92. The molecule has 30 heavy (non-hydrogen) atoms. The lowest BCUT2D eigenvalue weighted by molar-refractivity contribution is 0.102. The summed E-state index contributed by atoms with van der Waals surface area (Å²) in [6.45, 7) is 6.68. The number of aromatic nitrogens is 1. The van der Waals surface area contributed by atoms with Crippen LogP contribution < -0.4 is 14.8 Å². The third-order valence-corrected chi connectivity index (χ3v) is 4.55. The number of carbonyl (C=O) groups excluding carboxylic acids is 1. The summed E-state index contributed by atoms with van der Waals surface area (Å²) in [6, 6.07) is 18.6. The monoisotopic (exact) mass is 404 g/mol. The van der Waals surface area contributed by atoms with E-state index in [-0.39, 0.29) is 5.91 Å². The van der Waals surface area contributed by atoms with Gasteiger partial charge in [0.25, 0.3) is 5.91 Å². The van der Waals surface area contributed by atoms with Crippen molar-refractivity contribution < 1.29 is 14.3 Å². The van der Waals surface area contributed by atoms with Crippen LogP contribution in [0.2, 0.25) is 0 Å². The molecule has 3 rings (SSSR count). The molecule has 3 aromatic rings. The van der Waals surface area contributed by atoms with Crippen LogP contribution >= 0.6 is 0 Å². The highest BCUT2D eigenvalue weighted by Crippen LogP contribution is 2.31. The summed E-state index contributed by atoms with van der Waals surface area (Å²) in [4.78, 5) is 17.1. The number of amides is 1. The van der Waals surface area contributed by atoms with Gasteiger partial charge in [0.05, 0.1) is 17.9 Å². The Morgan fingerprint density at radius 2 is 1.67 bits per heavy atom. The van der Waals surface area contributed by atoms with E-state index in [0.29, 0.717) is 35.1 Å². The van der Waals surface area contributed by atoms with Crippen molar-refractivity contribution in [3.63, 3.8) is 0 Å². The number of hydrogen-bond donors (Lipinski definition) is 1. The van der Waals surface area contributed by atoms with Gasteiger partial charge >= 0.3 is 0 Å². The van der Waals surface area contributed by atoms with Gasteiger partial charge in [0.15, 0.2) is 11.5 Å². The normalized spacial score (nSPS) is 10.5. The molecule has 0 spiro atoms. The second-order valence-corrected chi connectivity index (χ2v) is 7.06. The lowest BCUT2D eigenvalue weighted by Gasteiger charge is -2.12. The quantitative estimate of drug-likeness (QED) is 0.463. The molecule has 0 aliphatic carbocycles. The molecular weight excluding hydrogens is 376 g/mol. The van der Waals surface area contributed by atoms with Crippen molar-refractivity contribution in [2.45, 2.75) is 40.0 Å². The lowest BCUT2D eigenvalue weighted by Crippen LogP contribution is -2.14. The molecule has 2 aromatic carbocycles. The SMILES string of the molecule is CCCOc1ccccc1Oc1ccc(NC(=O)c2ccc(CCC)nc2C)cc1. The number of benzene rings is 2. The number of aryl methyl sites for hydroxylation is 2. The van der Waals surface area contributed by atoms with E-state index in [2.05, 4.69) is 24.1 Å². The van der Waals surface area contributed by atoms with Crippen LogP contribution in [0.1, 0.15) is 48.4 Å². The summed E-state index contributed by atoms with van der Waals surface area (Å²) in [7, 11) is 0. The summed E-state index contributed by atoms with van der Waals surface area (Å²) in [5.74, 6) is 1.88. The fraction of sp³-hybridized carbons (Fsp3) is 0.280. The third kappa shape index (κ3) is 5.60. The molecule has 5 nitrogen and oxygen atoms in total. The van der Waals surface area contributed by atoms with Gasteiger partial charge in [-0.3, -0.25) is 9.78 Å². The number of para-hydroxylation sites is 2. The Morgan fingerprint density at radius 1 is 0.933 bits per heavy atom. The fourth-order valence-corrected chi connectivity index (χ4v) is 3.05. The highest BCUT2D eigenvalue weighted by molar-refractivity contribution is 6.05. The molecule has 0 radical (unpaired) electrons. The maximum atomic E-state index is 12.6. The van der Waals surface area contributed by atoms with Gasteiger partial charge < -0.3 is 14.8 Å². The summed E-state index contributed by atoms with van der Waals surface area (Å²) < 4.78 is 11.7. The molecule has 5 heteroatoms. The zero-order valence-electron chi connectivity index (χ0n) is 17.8. The summed E-state index contributed by atoms with van der Waals surface area (Å²) in [6.07, 6.45) is 2.87. The second-order valence-electron chi connectivity index (χ2n) is 7.06. The molecule has 0 atom stereocenters. The van der Waals surface area contributed by atoms with Crippen molar-refractivity contribution in [2.24, 2.45) is 0 Å². The minimum atomic E-state index is -0.171. The van der Waals surface area contributed by atoms with Crippen molar-refractivity contribution in [1.82, 2.24) is 4.98 Å². The van der Waals surface area contributed by atoms with Gasteiger partial charge in [0, 0.05) is 11.4 Å². The van der Waals surface area contributed by atoms with Crippen molar-refractivity contribution in [3.8, 4) is 17.2 Å². The lowest BCUT2D eigenvalue weighted by atomic mass is 10.1. The fourth-order valence-electron chi connectivity index (χ4n) is 3.05. The molecule has 156 valence electrons. The number of rotatable bonds is 9. The van der Waals surface area contributed by atoms with Crippen LogP contribution in [0.4, 0.5) is 5.69 Å². The van der Waals surface area contributed by atoms with E-state index in [0.717, 1.165) is 30.7 Å². The predicted molar refractivity (Wildman–Crippen MR) is 120 cm³/mol. The Hall–Kier alpha value is -3.34. The van der Waals surface area contributed by atoms with Crippen LogP contribution in [0.15, 0.2) is 60.7 Å². The summed E-state index contributed by atoms with van der Waals surface area (Å²) >= 11 is 0. The smallest absolute Gasteiger partial charge is 0.257 e. The number of hydrogen-bond acceptors (Lipinski definition) is 4. The molecule has 0 saturated carbocycles. The number of ether oxygens (including phenoxy) is 2. The summed E-state index contributed by atoms with van der Waals surface area (Å²) in [5.41, 5.74) is 3.02. The molecular formula is C25H28N2O3. The first-order valence-corrected chi connectivity index (χ1v) is 10.4. The first-order valence-electron chi connectivity index (χ1n) is 10.4. The average Bonchev–Trinajstić information content (AvgIpc) is 2.75. The largest absolute Gasteiger partial charge is 0.490 e. The standard InChI is InChI=1S/C25H28N2O3/c1-4-8-19-13-16-22(18(3)26-19)25(28)27-20-11-14-21(15-12-20)30-24-10-7-6-9-23(24)29-17-5-2/h6-7,9-16H,4-5,8,17H2,1-3H3,(H,27,28). The maximum absolute atomic E-state index is 12.6. The van der Waals surface area contributed by atoms with Gasteiger partial charge in [-0.2, -0.15) is 0 Å². The highest BCUT2D eigenvalue weighted by atomic mass is 16.5. The first-order chi connectivity index (χ1) is 14.6. The minimum Gasteiger partial charge on any atom is -0.490 e. The van der Waals surface area contributed by atoms with Gasteiger partial charge in [0.1, 0.15) is 5.75 Å². The van der Waals surface area contributed by atoms with Crippen molar-refractivity contribution in [2.75, 3.05) is 11.9 Å². The van der Waals surface area contributed by atoms with E-state index in [1.54, 1.807) is 0 Å². The molecule has 1 aromatic heterocycles. The topological polar surface area (TPSA) is 60.5 Å². The second kappa shape index (κ2) is 10.4. The number of nitrogens with zero attached hydrogens (tertiary/aromatic N) is 1. The van der Waals surface area contributed by atoms with Gasteiger partial charge in [-0.15, -0.1) is 0 Å². The van der Waals surface area contributed by atoms with E-state index >= 15 is 0 Å². The molecule has 0 aliphatic rings. The van der Waals surface area contributed by atoms with Gasteiger partial charge in [-0.1, -0.05) is 32.4 Å². The molecule has 0 saturated heterocycles. The number of nitrogens with one attached hydrogen (secondary N) is 1. The predicted octanol–water partition coefficient (Wildman–Crippen LogP) is 6.18. The molecule has 0 bridgehead atoms. The molecule has 0 unspecified atom stereocenters. The number of carbonyl (C=O) groups is 1. The van der Waals surface area contributed by atoms with Gasteiger partial charge in [0.2, 0.25) is 0 Å². The Bertz CT molecular complexity index is 984. The number of anilines is 1. The van der Waals surface area contributed by atoms with Gasteiger partial charge in [-0.25, -0.2) is 0 Å². The zero-order valence-corrected chi connectivity index (χ0v) is 17.8. The van der Waals surface area contributed by atoms with Crippen LogP contribution in [-0.2, 0) is 6.42 Å². The van der Waals surface area contributed by atoms with Gasteiger partial charge in [-0.05, 0) is 68.3 Å².